The first-order chi connectivity index (χ1) is 10.3. The van der Waals surface area contributed by atoms with Gasteiger partial charge in [0.15, 0.2) is 16.6 Å². The van der Waals surface area contributed by atoms with E-state index in [-0.39, 0.29) is 0 Å². The number of nitrogens with two attached hydrogens (primary N) is 1. The summed E-state index contributed by atoms with van der Waals surface area (Å²) in [5.41, 5.74) is 5.24. The van der Waals surface area contributed by atoms with Gasteiger partial charge in [0.25, 0.3) is 0 Å². The van der Waals surface area contributed by atoms with Crippen LogP contribution in [0, 0.1) is 0 Å². The van der Waals surface area contributed by atoms with E-state index in [4.69, 9.17) is 5.84 Å². The zero-order chi connectivity index (χ0) is 14.2. The lowest BCUT2D eigenvalue weighted by molar-refractivity contribution is 1.01. The van der Waals surface area contributed by atoms with Crippen molar-refractivity contribution >= 4 is 34.3 Å². The molecule has 3 heterocycles. The molecule has 0 fully saturated rings. The van der Waals surface area contributed by atoms with Gasteiger partial charge in [-0.25, -0.2) is 20.8 Å². The highest BCUT2D eigenvalue weighted by Gasteiger charge is 2.11. The van der Waals surface area contributed by atoms with Crippen molar-refractivity contribution in [1.82, 2.24) is 24.3 Å². The average molecular weight is 297 g/mol. The second kappa shape index (κ2) is 4.76. The molecule has 0 aliphatic rings. The molecule has 4 rings (SSSR count). The van der Waals surface area contributed by atoms with Gasteiger partial charge in [0.05, 0.1) is 17.2 Å². The molecule has 1 aromatic carbocycles. The summed E-state index contributed by atoms with van der Waals surface area (Å²) in [5, 5.41) is 1.50. The average Bonchev–Trinajstić information content (AvgIpc) is 3.12. The van der Waals surface area contributed by atoms with E-state index in [0.29, 0.717) is 5.82 Å². The Kier molecular flexibility index (Phi) is 2.76. The molecule has 3 aromatic heterocycles. The third-order valence-corrected chi connectivity index (χ3v) is 3.91. The number of benzene rings is 1. The zero-order valence-corrected chi connectivity index (χ0v) is 11.6. The van der Waals surface area contributed by atoms with Crippen molar-refractivity contribution in [2.75, 3.05) is 5.43 Å². The van der Waals surface area contributed by atoms with Crippen LogP contribution in [-0.2, 0) is 0 Å². The maximum Gasteiger partial charge on any atom is 0.172 e. The predicted octanol–water partition coefficient (Wildman–Crippen LogP) is 2.04. The highest BCUT2D eigenvalue weighted by Crippen LogP contribution is 2.29. The highest BCUT2D eigenvalue weighted by atomic mass is 32.2. The second-order valence-electron chi connectivity index (χ2n) is 4.39. The third kappa shape index (κ3) is 2.10. The number of anilines is 1. The van der Waals surface area contributed by atoms with Crippen LogP contribution >= 0.6 is 11.8 Å². The number of H-pyrrole nitrogens is 1. The van der Waals surface area contributed by atoms with Gasteiger partial charge in [0.1, 0.15) is 5.03 Å². The fourth-order valence-corrected chi connectivity index (χ4v) is 2.99. The molecular weight excluding hydrogens is 286 g/mol. The number of para-hydroxylation sites is 2. The number of aromatic nitrogens is 5. The topological polar surface area (TPSA) is 96.9 Å². The van der Waals surface area contributed by atoms with Crippen molar-refractivity contribution in [3.63, 3.8) is 0 Å². The van der Waals surface area contributed by atoms with Crippen molar-refractivity contribution in [3.8, 4) is 0 Å². The number of nitrogens with zero attached hydrogens (tertiary/aromatic N) is 4. The van der Waals surface area contributed by atoms with Crippen molar-refractivity contribution in [2.24, 2.45) is 5.84 Å². The first kappa shape index (κ1) is 12.2. The van der Waals surface area contributed by atoms with Crippen LogP contribution in [0.4, 0.5) is 5.82 Å². The monoisotopic (exact) mass is 297 g/mol. The molecule has 0 amide bonds. The fourth-order valence-electron chi connectivity index (χ4n) is 2.11. The van der Waals surface area contributed by atoms with E-state index in [1.165, 1.54) is 11.8 Å². The Morgan fingerprint density at radius 2 is 2.14 bits per heavy atom. The number of fused-ring (bicyclic) bond motifs is 2. The van der Waals surface area contributed by atoms with E-state index >= 15 is 0 Å². The Bertz CT molecular complexity index is 893. The summed E-state index contributed by atoms with van der Waals surface area (Å²) < 4.78 is 1.87. The number of rotatable bonds is 3. The number of nitrogen functional groups attached to an aromatic ring is 1. The van der Waals surface area contributed by atoms with Crippen LogP contribution in [0.25, 0.3) is 16.7 Å². The van der Waals surface area contributed by atoms with Gasteiger partial charge in [-0.15, -0.1) is 0 Å². The van der Waals surface area contributed by atoms with Gasteiger partial charge in [0, 0.05) is 12.4 Å². The number of hydrogen-bond donors (Lipinski definition) is 3. The quantitative estimate of drug-likeness (QED) is 0.395. The molecule has 0 spiro atoms. The van der Waals surface area contributed by atoms with Gasteiger partial charge in [-0.1, -0.05) is 12.1 Å². The Labute approximate surface area is 123 Å². The third-order valence-electron chi connectivity index (χ3n) is 3.05. The Morgan fingerprint density at radius 3 is 3.00 bits per heavy atom. The van der Waals surface area contributed by atoms with Crippen LogP contribution in [0.5, 0.6) is 0 Å². The molecular formula is C13H11N7S. The molecule has 0 aliphatic carbocycles. The minimum Gasteiger partial charge on any atom is -0.333 e. The lowest BCUT2D eigenvalue weighted by atomic mass is 10.3. The van der Waals surface area contributed by atoms with Crippen LogP contribution < -0.4 is 11.3 Å². The zero-order valence-electron chi connectivity index (χ0n) is 10.8. The molecule has 0 saturated heterocycles. The maximum atomic E-state index is 5.45. The normalized spacial score (nSPS) is 11.3. The van der Waals surface area contributed by atoms with E-state index in [1.54, 1.807) is 12.4 Å². The summed E-state index contributed by atoms with van der Waals surface area (Å²) in [6, 6.07) is 7.88. The molecule has 0 bridgehead atoms. The van der Waals surface area contributed by atoms with Gasteiger partial charge < -0.3 is 14.8 Å². The minimum atomic E-state index is 0.569. The summed E-state index contributed by atoms with van der Waals surface area (Å²) in [7, 11) is 0. The number of nitrogens with one attached hydrogen (secondary N) is 2. The van der Waals surface area contributed by atoms with Crippen molar-refractivity contribution in [3.05, 3.63) is 42.9 Å². The maximum absolute atomic E-state index is 5.45. The van der Waals surface area contributed by atoms with E-state index in [0.717, 1.165) is 26.9 Å². The van der Waals surface area contributed by atoms with Crippen molar-refractivity contribution < 1.29 is 0 Å². The Morgan fingerprint density at radius 1 is 1.24 bits per heavy atom. The standard InChI is InChI=1S/C13H11N7S/c14-19-10-7-20-6-5-15-11(20)12(18-10)21-13-16-8-3-1-2-4-9(8)17-13/h1-7,19H,14H2,(H,16,17). The molecule has 8 heteroatoms. The first-order valence-electron chi connectivity index (χ1n) is 6.26. The highest BCUT2D eigenvalue weighted by molar-refractivity contribution is 7.99. The largest absolute Gasteiger partial charge is 0.333 e. The first-order valence-corrected chi connectivity index (χ1v) is 7.08. The molecule has 21 heavy (non-hydrogen) atoms. The van der Waals surface area contributed by atoms with Crippen LogP contribution in [0.1, 0.15) is 0 Å². The van der Waals surface area contributed by atoms with Gasteiger partial charge >= 0.3 is 0 Å². The molecule has 4 N–H and O–H groups in total. The van der Waals surface area contributed by atoms with Gasteiger partial charge in [-0.2, -0.15) is 0 Å². The molecule has 0 atom stereocenters. The summed E-state index contributed by atoms with van der Waals surface area (Å²) in [4.78, 5) is 16.5. The molecule has 104 valence electrons. The summed E-state index contributed by atoms with van der Waals surface area (Å²) in [5.74, 6) is 6.02. The fraction of sp³-hybridized carbons (Fsp3) is 0. The smallest absolute Gasteiger partial charge is 0.172 e. The van der Waals surface area contributed by atoms with Crippen molar-refractivity contribution in [2.45, 2.75) is 10.2 Å². The summed E-state index contributed by atoms with van der Waals surface area (Å²) in [6.07, 6.45) is 5.35. The van der Waals surface area contributed by atoms with E-state index in [2.05, 4.69) is 25.4 Å². The molecule has 4 aromatic rings. The molecule has 0 radical (unpaired) electrons. The summed E-state index contributed by atoms with van der Waals surface area (Å²) in [6.45, 7) is 0. The number of aromatic amines is 1. The minimum absolute atomic E-state index is 0.569. The molecule has 0 unspecified atom stereocenters. The van der Waals surface area contributed by atoms with Gasteiger partial charge in [-0.3, -0.25) is 0 Å². The number of hydrazine groups is 1. The second-order valence-corrected chi connectivity index (χ2v) is 5.37. The predicted molar refractivity (Wildman–Crippen MR) is 81.0 cm³/mol. The van der Waals surface area contributed by atoms with Crippen LogP contribution in [0.15, 0.2) is 53.0 Å². The van der Waals surface area contributed by atoms with E-state index in [1.807, 2.05) is 34.9 Å². The number of hydrogen-bond acceptors (Lipinski definition) is 6. The number of imidazole rings is 2. The Balaban J connectivity index is 1.80. The molecule has 7 nitrogen and oxygen atoms in total. The Hall–Kier alpha value is -2.58. The van der Waals surface area contributed by atoms with Crippen LogP contribution in [-0.4, -0.2) is 24.3 Å². The lowest BCUT2D eigenvalue weighted by Crippen LogP contribution is -2.10. The van der Waals surface area contributed by atoms with Crippen molar-refractivity contribution in [1.29, 1.82) is 0 Å². The SMILES string of the molecule is NNc1cn2ccnc2c(Sc2nc3ccccc3[nH]2)n1. The molecule has 0 saturated carbocycles. The van der Waals surface area contributed by atoms with Gasteiger partial charge in [-0.05, 0) is 23.9 Å². The van der Waals surface area contributed by atoms with E-state index in [9.17, 15) is 0 Å². The molecule has 0 aliphatic heterocycles. The lowest BCUT2D eigenvalue weighted by Gasteiger charge is -2.04. The van der Waals surface area contributed by atoms with Gasteiger partial charge in [0.2, 0.25) is 0 Å². The van der Waals surface area contributed by atoms with Crippen LogP contribution in [0.2, 0.25) is 0 Å². The van der Waals surface area contributed by atoms with E-state index < -0.39 is 0 Å². The summed E-state index contributed by atoms with van der Waals surface area (Å²) >= 11 is 1.42. The van der Waals surface area contributed by atoms with Crippen LogP contribution in [0.3, 0.4) is 0 Å².